The van der Waals surface area contributed by atoms with E-state index in [1.54, 1.807) is 7.11 Å². The zero-order chi connectivity index (χ0) is 12.4. The molecule has 0 amide bonds. The summed E-state index contributed by atoms with van der Waals surface area (Å²) in [5, 5.41) is 4.08. The number of hydrogen-bond acceptors (Lipinski definition) is 3. The maximum Gasteiger partial charge on any atom is 0.124 e. The molecule has 1 aliphatic rings. The number of benzene rings is 1. The number of methoxy groups -OCH3 is 1. The molecule has 17 heavy (non-hydrogen) atoms. The van der Waals surface area contributed by atoms with E-state index in [4.69, 9.17) is 22.1 Å². The van der Waals surface area contributed by atoms with Crippen molar-refractivity contribution in [3.05, 3.63) is 28.3 Å². The summed E-state index contributed by atoms with van der Waals surface area (Å²) < 4.78 is 5.40. The first-order valence-electron chi connectivity index (χ1n) is 5.94. The number of halogens is 1. The number of hydrogen-bond donors (Lipinski definition) is 2. The lowest BCUT2D eigenvalue weighted by molar-refractivity contribution is 0.390. The first-order chi connectivity index (χ1) is 8.13. The molecule has 3 nitrogen and oxygen atoms in total. The van der Waals surface area contributed by atoms with Gasteiger partial charge in [-0.15, -0.1) is 0 Å². The molecular formula is C13H19ClN2O. The van der Waals surface area contributed by atoms with Crippen LogP contribution in [0.2, 0.25) is 5.02 Å². The van der Waals surface area contributed by atoms with Gasteiger partial charge >= 0.3 is 0 Å². The molecule has 0 spiro atoms. The largest absolute Gasteiger partial charge is 0.496 e. The lowest BCUT2D eigenvalue weighted by Gasteiger charge is -2.21. The number of rotatable bonds is 3. The van der Waals surface area contributed by atoms with Gasteiger partial charge in [-0.3, -0.25) is 0 Å². The van der Waals surface area contributed by atoms with Gasteiger partial charge in [0.2, 0.25) is 0 Å². The average Bonchev–Trinajstić information content (AvgIpc) is 2.84. The minimum atomic E-state index is -0.0157. The molecule has 0 saturated carbocycles. The molecule has 4 heteroatoms. The van der Waals surface area contributed by atoms with Crippen LogP contribution in [0.3, 0.4) is 0 Å². The van der Waals surface area contributed by atoms with Gasteiger partial charge in [0.15, 0.2) is 0 Å². The lowest BCUT2D eigenvalue weighted by Crippen LogP contribution is -2.24. The van der Waals surface area contributed by atoms with E-state index in [1.807, 2.05) is 19.1 Å². The lowest BCUT2D eigenvalue weighted by atomic mass is 9.92. The first-order valence-corrected chi connectivity index (χ1v) is 6.31. The van der Waals surface area contributed by atoms with E-state index in [-0.39, 0.29) is 6.04 Å². The molecule has 1 fully saturated rings. The van der Waals surface area contributed by atoms with Gasteiger partial charge in [0.05, 0.1) is 7.11 Å². The third-order valence-corrected chi connectivity index (χ3v) is 3.88. The van der Waals surface area contributed by atoms with Gasteiger partial charge in [-0.2, -0.15) is 0 Å². The molecule has 2 rings (SSSR count). The van der Waals surface area contributed by atoms with Crippen molar-refractivity contribution >= 4 is 11.6 Å². The molecule has 0 aromatic heterocycles. The second kappa shape index (κ2) is 5.25. The first kappa shape index (κ1) is 12.7. The van der Waals surface area contributed by atoms with Crippen molar-refractivity contribution in [3.8, 4) is 5.75 Å². The van der Waals surface area contributed by atoms with Gasteiger partial charge in [0.1, 0.15) is 5.75 Å². The summed E-state index contributed by atoms with van der Waals surface area (Å²) in [5.74, 6) is 1.30. The maximum absolute atomic E-state index is 6.32. The smallest absolute Gasteiger partial charge is 0.124 e. The predicted octanol–water partition coefficient (Wildman–Crippen LogP) is 2.27. The van der Waals surface area contributed by atoms with Gasteiger partial charge in [-0.25, -0.2) is 0 Å². The fraction of sp³-hybridized carbons (Fsp3) is 0.538. The Morgan fingerprint density at radius 3 is 2.88 bits per heavy atom. The second-order valence-corrected chi connectivity index (χ2v) is 5.03. The average molecular weight is 255 g/mol. The van der Waals surface area contributed by atoms with Gasteiger partial charge in [0.25, 0.3) is 0 Å². The molecule has 3 N–H and O–H groups in total. The van der Waals surface area contributed by atoms with Crippen molar-refractivity contribution in [3.63, 3.8) is 0 Å². The Labute approximate surface area is 107 Å². The molecule has 1 aliphatic heterocycles. The van der Waals surface area contributed by atoms with E-state index >= 15 is 0 Å². The Morgan fingerprint density at radius 1 is 1.53 bits per heavy atom. The van der Waals surface area contributed by atoms with Gasteiger partial charge < -0.3 is 15.8 Å². The monoisotopic (exact) mass is 254 g/mol. The maximum atomic E-state index is 6.32. The van der Waals surface area contributed by atoms with E-state index in [9.17, 15) is 0 Å². The molecule has 1 saturated heterocycles. The summed E-state index contributed by atoms with van der Waals surface area (Å²) in [4.78, 5) is 0. The molecule has 2 atom stereocenters. The summed E-state index contributed by atoms with van der Waals surface area (Å²) >= 11 is 6.17. The quantitative estimate of drug-likeness (QED) is 0.870. The minimum absolute atomic E-state index is 0.0157. The standard InChI is InChI=1S/C13H19ClN2O/c1-8-5-12(17-2)10(6-11(8)14)13(15)9-3-4-16-7-9/h5-6,9,13,16H,3-4,7,15H2,1-2H3. The van der Waals surface area contributed by atoms with E-state index < -0.39 is 0 Å². The molecule has 1 aromatic rings. The normalized spacial score (nSPS) is 21.5. The van der Waals surface area contributed by atoms with Crippen molar-refractivity contribution in [1.29, 1.82) is 0 Å². The van der Waals surface area contributed by atoms with Crippen LogP contribution in [0, 0.1) is 12.8 Å². The summed E-state index contributed by atoms with van der Waals surface area (Å²) in [6.07, 6.45) is 1.11. The highest BCUT2D eigenvalue weighted by Crippen LogP contribution is 2.34. The molecular weight excluding hydrogens is 236 g/mol. The topological polar surface area (TPSA) is 47.3 Å². The predicted molar refractivity (Wildman–Crippen MR) is 70.6 cm³/mol. The fourth-order valence-electron chi connectivity index (χ4n) is 2.35. The summed E-state index contributed by atoms with van der Waals surface area (Å²) in [5.41, 5.74) is 8.35. The van der Waals surface area contributed by atoms with Gasteiger partial charge in [-0.1, -0.05) is 11.6 Å². The van der Waals surface area contributed by atoms with Crippen LogP contribution in [0.25, 0.3) is 0 Å². The number of ether oxygens (including phenoxy) is 1. The molecule has 1 heterocycles. The molecule has 94 valence electrons. The van der Waals surface area contributed by atoms with E-state index in [2.05, 4.69) is 5.32 Å². The summed E-state index contributed by atoms with van der Waals surface area (Å²) in [7, 11) is 1.67. The van der Waals surface area contributed by atoms with E-state index in [0.29, 0.717) is 5.92 Å². The van der Waals surface area contributed by atoms with Crippen molar-refractivity contribution < 1.29 is 4.74 Å². The van der Waals surface area contributed by atoms with Crippen molar-refractivity contribution in [2.75, 3.05) is 20.2 Å². The fourth-order valence-corrected chi connectivity index (χ4v) is 2.52. The van der Waals surface area contributed by atoms with Crippen LogP contribution in [0.4, 0.5) is 0 Å². The Kier molecular flexibility index (Phi) is 3.92. The van der Waals surface area contributed by atoms with Crippen LogP contribution in [-0.2, 0) is 0 Å². The summed E-state index contributed by atoms with van der Waals surface area (Å²) in [6, 6.07) is 3.89. The van der Waals surface area contributed by atoms with Crippen LogP contribution in [0.15, 0.2) is 12.1 Å². The van der Waals surface area contributed by atoms with Crippen LogP contribution in [-0.4, -0.2) is 20.2 Å². The molecule has 0 radical (unpaired) electrons. The highest BCUT2D eigenvalue weighted by molar-refractivity contribution is 6.31. The second-order valence-electron chi connectivity index (χ2n) is 4.62. The van der Waals surface area contributed by atoms with E-state index in [1.165, 1.54) is 0 Å². The van der Waals surface area contributed by atoms with Crippen molar-refractivity contribution in [2.45, 2.75) is 19.4 Å². The van der Waals surface area contributed by atoms with Crippen LogP contribution < -0.4 is 15.8 Å². The third-order valence-electron chi connectivity index (χ3n) is 3.48. The Morgan fingerprint density at radius 2 is 2.29 bits per heavy atom. The van der Waals surface area contributed by atoms with Gasteiger partial charge in [-0.05, 0) is 50.0 Å². The zero-order valence-corrected chi connectivity index (χ0v) is 11.1. The molecule has 0 bridgehead atoms. The van der Waals surface area contributed by atoms with Crippen LogP contribution >= 0.6 is 11.6 Å². The Bertz CT molecular complexity index is 403. The number of aryl methyl sites for hydroxylation is 1. The molecule has 0 aliphatic carbocycles. The van der Waals surface area contributed by atoms with Gasteiger partial charge in [0, 0.05) is 16.6 Å². The van der Waals surface area contributed by atoms with Crippen molar-refractivity contribution in [2.24, 2.45) is 11.7 Å². The van der Waals surface area contributed by atoms with Crippen LogP contribution in [0.1, 0.15) is 23.6 Å². The Hall–Kier alpha value is -0.770. The minimum Gasteiger partial charge on any atom is -0.496 e. The molecule has 2 unspecified atom stereocenters. The zero-order valence-electron chi connectivity index (χ0n) is 10.3. The summed E-state index contributed by atoms with van der Waals surface area (Å²) in [6.45, 7) is 3.98. The van der Waals surface area contributed by atoms with E-state index in [0.717, 1.165) is 41.4 Å². The third kappa shape index (κ3) is 2.57. The molecule has 1 aromatic carbocycles. The number of nitrogens with two attached hydrogens (primary N) is 1. The SMILES string of the molecule is COc1cc(C)c(Cl)cc1C(N)C1CCNC1. The van der Waals surface area contributed by atoms with Crippen molar-refractivity contribution in [1.82, 2.24) is 5.32 Å². The Balaban J connectivity index is 2.32. The number of nitrogens with one attached hydrogen (secondary N) is 1. The highest BCUT2D eigenvalue weighted by Gasteiger charge is 2.25. The van der Waals surface area contributed by atoms with Crippen LogP contribution in [0.5, 0.6) is 5.75 Å². The highest BCUT2D eigenvalue weighted by atomic mass is 35.5.